The number of hydrogen-bond donors (Lipinski definition) is 2. The molecule has 0 fully saturated rings. The van der Waals surface area contributed by atoms with Gasteiger partial charge in [-0.2, -0.15) is 0 Å². The monoisotopic (exact) mass is 292 g/mol. The zero-order valence-electron chi connectivity index (χ0n) is 10.9. The van der Waals surface area contributed by atoms with Crippen molar-refractivity contribution in [1.82, 2.24) is 5.32 Å². The summed E-state index contributed by atoms with van der Waals surface area (Å²) in [6, 6.07) is 9.52. The molecule has 0 heterocycles. The molecule has 0 atom stereocenters. The van der Waals surface area contributed by atoms with Crippen molar-refractivity contribution in [1.29, 1.82) is 0 Å². The highest BCUT2D eigenvalue weighted by Crippen LogP contribution is 2.17. The Morgan fingerprint density at radius 2 is 2.10 bits per heavy atom. The first kappa shape index (κ1) is 14.3. The Labute approximate surface area is 121 Å². The Morgan fingerprint density at radius 3 is 2.80 bits per heavy atom. The van der Waals surface area contributed by atoms with Gasteiger partial charge in [-0.05, 0) is 42.3 Å². The van der Waals surface area contributed by atoms with Gasteiger partial charge in [-0.25, -0.2) is 4.39 Å². The number of halogens is 2. The first-order chi connectivity index (χ1) is 9.49. The number of nitrogens with one attached hydrogen (secondary N) is 1. The molecule has 0 aliphatic carbocycles. The molecule has 0 saturated heterocycles. The lowest BCUT2D eigenvalue weighted by Crippen LogP contribution is -2.23. The average Bonchev–Trinajstić information content (AvgIpc) is 2.43. The van der Waals surface area contributed by atoms with E-state index in [4.69, 9.17) is 17.3 Å². The summed E-state index contributed by atoms with van der Waals surface area (Å²) in [6.07, 6.45) is 0. The van der Waals surface area contributed by atoms with Gasteiger partial charge < -0.3 is 11.1 Å². The standard InChI is InChI=1S/C15H14ClFN2O/c1-9-11(3-2-4-14(9)18)15(20)19-8-10-5-6-13(17)12(16)7-10/h2-7H,8,18H2,1H3,(H,19,20). The van der Waals surface area contributed by atoms with Crippen LogP contribution in [0.3, 0.4) is 0 Å². The maximum atomic E-state index is 13.0. The molecule has 2 aromatic rings. The molecular formula is C15H14ClFN2O. The average molecular weight is 293 g/mol. The molecule has 0 spiro atoms. The molecule has 0 aromatic heterocycles. The van der Waals surface area contributed by atoms with Gasteiger partial charge in [0.2, 0.25) is 0 Å². The normalized spacial score (nSPS) is 10.3. The van der Waals surface area contributed by atoms with Gasteiger partial charge in [-0.3, -0.25) is 4.79 Å². The third-order valence-electron chi connectivity index (χ3n) is 3.06. The van der Waals surface area contributed by atoms with Gasteiger partial charge >= 0.3 is 0 Å². The Bertz CT molecular complexity index is 658. The van der Waals surface area contributed by atoms with Crippen molar-refractivity contribution in [2.45, 2.75) is 13.5 Å². The van der Waals surface area contributed by atoms with Gasteiger partial charge in [0.25, 0.3) is 5.91 Å². The van der Waals surface area contributed by atoms with Gasteiger partial charge in [0, 0.05) is 17.8 Å². The van der Waals surface area contributed by atoms with Crippen LogP contribution in [-0.2, 0) is 6.54 Å². The minimum atomic E-state index is -0.478. The number of hydrogen-bond acceptors (Lipinski definition) is 2. The highest BCUT2D eigenvalue weighted by Gasteiger charge is 2.10. The summed E-state index contributed by atoms with van der Waals surface area (Å²) >= 11 is 5.69. The number of carbonyl (C=O) groups excluding carboxylic acids is 1. The number of carbonyl (C=O) groups is 1. The molecule has 3 nitrogen and oxygen atoms in total. The molecule has 5 heteroatoms. The minimum absolute atomic E-state index is 0.0388. The van der Waals surface area contributed by atoms with Crippen LogP contribution in [0.1, 0.15) is 21.5 Å². The molecule has 2 aromatic carbocycles. The van der Waals surface area contributed by atoms with E-state index in [1.807, 2.05) is 0 Å². The van der Waals surface area contributed by atoms with Gasteiger partial charge in [0.1, 0.15) is 5.82 Å². The van der Waals surface area contributed by atoms with Crippen LogP contribution in [0.25, 0.3) is 0 Å². The fourth-order valence-electron chi connectivity index (χ4n) is 1.83. The molecule has 0 unspecified atom stereocenters. The summed E-state index contributed by atoms with van der Waals surface area (Å²) in [5.41, 5.74) is 8.33. The molecule has 3 N–H and O–H groups in total. The third-order valence-corrected chi connectivity index (χ3v) is 3.35. The predicted molar refractivity (Wildman–Crippen MR) is 78.2 cm³/mol. The van der Waals surface area contributed by atoms with Gasteiger partial charge in [-0.1, -0.05) is 23.7 Å². The summed E-state index contributed by atoms with van der Waals surface area (Å²) in [5.74, 6) is -0.705. The van der Waals surface area contributed by atoms with Crippen molar-refractivity contribution in [3.05, 3.63) is 63.9 Å². The number of benzene rings is 2. The van der Waals surface area contributed by atoms with Crippen molar-refractivity contribution in [3.8, 4) is 0 Å². The van der Waals surface area contributed by atoms with E-state index in [1.54, 1.807) is 31.2 Å². The lowest BCUT2D eigenvalue weighted by molar-refractivity contribution is 0.0950. The quantitative estimate of drug-likeness (QED) is 0.853. The summed E-state index contributed by atoms with van der Waals surface area (Å²) in [4.78, 5) is 12.1. The van der Waals surface area contributed by atoms with Crippen LogP contribution in [0.2, 0.25) is 5.02 Å². The van der Waals surface area contributed by atoms with Crippen molar-refractivity contribution in [2.75, 3.05) is 5.73 Å². The lowest BCUT2D eigenvalue weighted by atomic mass is 10.1. The molecule has 1 amide bonds. The summed E-state index contributed by atoms with van der Waals surface area (Å²) in [6.45, 7) is 2.06. The lowest BCUT2D eigenvalue weighted by Gasteiger charge is -2.09. The van der Waals surface area contributed by atoms with Crippen LogP contribution < -0.4 is 11.1 Å². The highest BCUT2D eigenvalue weighted by atomic mass is 35.5. The van der Waals surface area contributed by atoms with Crippen LogP contribution in [0.4, 0.5) is 10.1 Å². The predicted octanol–water partition coefficient (Wildman–Crippen LogP) is 3.30. The highest BCUT2D eigenvalue weighted by molar-refractivity contribution is 6.30. The van der Waals surface area contributed by atoms with Crippen molar-refractivity contribution in [3.63, 3.8) is 0 Å². The maximum absolute atomic E-state index is 13.0. The molecule has 0 saturated carbocycles. The van der Waals surface area contributed by atoms with E-state index in [0.717, 1.165) is 11.1 Å². The molecule has 0 radical (unpaired) electrons. The topological polar surface area (TPSA) is 55.1 Å². The molecular weight excluding hydrogens is 279 g/mol. The van der Waals surface area contributed by atoms with Crippen molar-refractivity contribution < 1.29 is 9.18 Å². The second-order valence-corrected chi connectivity index (χ2v) is 4.86. The molecule has 0 bridgehead atoms. The van der Waals surface area contributed by atoms with E-state index in [9.17, 15) is 9.18 Å². The Morgan fingerprint density at radius 1 is 1.35 bits per heavy atom. The van der Waals surface area contributed by atoms with Crippen LogP contribution in [0.15, 0.2) is 36.4 Å². The minimum Gasteiger partial charge on any atom is -0.398 e. The van der Waals surface area contributed by atoms with E-state index < -0.39 is 5.82 Å². The van der Waals surface area contributed by atoms with Crippen molar-refractivity contribution >= 4 is 23.2 Å². The fraction of sp³-hybridized carbons (Fsp3) is 0.133. The second kappa shape index (κ2) is 5.92. The van der Waals surface area contributed by atoms with E-state index in [1.165, 1.54) is 12.1 Å². The molecule has 2 rings (SSSR count). The number of nitrogens with two attached hydrogens (primary N) is 1. The fourth-order valence-corrected chi connectivity index (χ4v) is 2.03. The molecule has 104 valence electrons. The van der Waals surface area contributed by atoms with E-state index in [-0.39, 0.29) is 17.5 Å². The Kier molecular flexibility index (Phi) is 4.25. The van der Waals surface area contributed by atoms with Gasteiger partial charge in [-0.15, -0.1) is 0 Å². The Hall–Kier alpha value is -2.07. The van der Waals surface area contributed by atoms with E-state index >= 15 is 0 Å². The largest absolute Gasteiger partial charge is 0.398 e. The SMILES string of the molecule is Cc1c(N)cccc1C(=O)NCc1ccc(F)c(Cl)c1. The van der Waals surface area contributed by atoms with Crippen LogP contribution in [0.5, 0.6) is 0 Å². The van der Waals surface area contributed by atoms with E-state index in [0.29, 0.717) is 11.3 Å². The van der Waals surface area contributed by atoms with Crippen molar-refractivity contribution in [2.24, 2.45) is 0 Å². The van der Waals surface area contributed by atoms with Crippen LogP contribution >= 0.6 is 11.6 Å². The number of amides is 1. The maximum Gasteiger partial charge on any atom is 0.251 e. The summed E-state index contributed by atoms with van der Waals surface area (Å²) in [5, 5.41) is 2.79. The molecule has 20 heavy (non-hydrogen) atoms. The third kappa shape index (κ3) is 3.08. The van der Waals surface area contributed by atoms with E-state index in [2.05, 4.69) is 5.32 Å². The zero-order valence-corrected chi connectivity index (χ0v) is 11.7. The smallest absolute Gasteiger partial charge is 0.251 e. The van der Waals surface area contributed by atoms with Crippen LogP contribution in [0, 0.1) is 12.7 Å². The number of anilines is 1. The first-order valence-corrected chi connectivity index (χ1v) is 6.44. The van der Waals surface area contributed by atoms with Gasteiger partial charge in [0.05, 0.1) is 5.02 Å². The summed E-state index contributed by atoms with van der Waals surface area (Å²) in [7, 11) is 0. The zero-order chi connectivity index (χ0) is 14.7. The van der Waals surface area contributed by atoms with Crippen LogP contribution in [-0.4, -0.2) is 5.91 Å². The second-order valence-electron chi connectivity index (χ2n) is 4.45. The number of rotatable bonds is 3. The number of nitrogen functional groups attached to an aromatic ring is 1. The molecule has 0 aliphatic rings. The first-order valence-electron chi connectivity index (χ1n) is 6.06. The Balaban J connectivity index is 2.08. The van der Waals surface area contributed by atoms with Gasteiger partial charge in [0.15, 0.2) is 0 Å². The summed E-state index contributed by atoms with van der Waals surface area (Å²) < 4.78 is 13.0. The molecule has 0 aliphatic heterocycles.